The largest absolute Gasteiger partial charge is 0.477 e. The smallest absolute Gasteiger partial charge is 0.374 e. The summed E-state index contributed by atoms with van der Waals surface area (Å²) in [6.45, 7) is 1.92. The van der Waals surface area contributed by atoms with Crippen LogP contribution in [0.5, 0.6) is 0 Å². The molecule has 0 amide bonds. The molecule has 0 unspecified atom stereocenters. The van der Waals surface area contributed by atoms with Crippen LogP contribution >= 0.6 is 0 Å². The topological polar surface area (TPSA) is 50.2 Å². The molecule has 5 heteroatoms. The number of nitrogens with zero attached hydrogens (tertiary/aromatic N) is 1. The fourth-order valence-electron chi connectivity index (χ4n) is 1.07. The van der Waals surface area contributed by atoms with Crippen LogP contribution in [0.4, 0.5) is 8.78 Å². The van der Waals surface area contributed by atoms with E-state index in [1.807, 2.05) is 6.92 Å². The number of carbonyl (C=O) groups is 1. The Balaban J connectivity index is 2.77. The van der Waals surface area contributed by atoms with Gasteiger partial charge in [0, 0.05) is 11.9 Å². The van der Waals surface area contributed by atoms with E-state index in [9.17, 15) is 13.6 Å². The lowest BCUT2D eigenvalue weighted by Gasteiger charge is -2.10. The van der Waals surface area contributed by atoms with E-state index >= 15 is 0 Å². The van der Waals surface area contributed by atoms with Crippen LogP contribution in [0, 0.1) is 0 Å². The number of aryl methyl sites for hydroxylation is 1. The summed E-state index contributed by atoms with van der Waals surface area (Å²) in [7, 11) is 0. The van der Waals surface area contributed by atoms with Crippen LogP contribution < -0.4 is 0 Å². The predicted molar refractivity (Wildman–Crippen MR) is 49.9 cm³/mol. The van der Waals surface area contributed by atoms with Gasteiger partial charge in [-0.15, -0.1) is 0 Å². The summed E-state index contributed by atoms with van der Waals surface area (Å²) in [5.41, 5.74) is 1.01. The summed E-state index contributed by atoms with van der Waals surface area (Å²) in [4.78, 5) is 13.9. The van der Waals surface area contributed by atoms with E-state index in [0.29, 0.717) is 0 Å². The van der Waals surface area contributed by atoms with Gasteiger partial charge in [-0.3, -0.25) is 4.98 Å². The third kappa shape index (κ3) is 2.97. The van der Waals surface area contributed by atoms with Crippen LogP contribution in [0.15, 0.2) is 18.3 Å². The van der Waals surface area contributed by atoms with Crippen LogP contribution in [-0.2, 0) is 17.6 Å². The molecule has 0 saturated carbocycles. The summed E-state index contributed by atoms with van der Waals surface area (Å²) in [6.07, 6.45) is 1.38. The van der Waals surface area contributed by atoms with Crippen molar-refractivity contribution in [2.24, 2.45) is 0 Å². The van der Waals surface area contributed by atoms with Gasteiger partial charge in [-0.1, -0.05) is 13.0 Å². The Hall–Kier alpha value is -1.52. The summed E-state index contributed by atoms with van der Waals surface area (Å²) >= 11 is 0. The third-order valence-corrected chi connectivity index (χ3v) is 2.01. The number of aromatic nitrogens is 1. The van der Waals surface area contributed by atoms with Crippen molar-refractivity contribution in [2.75, 3.05) is 0 Å². The van der Waals surface area contributed by atoms with Crippen LogP contribution in [0.1, 0.15) is 18.2 Å². The molecule has 82 valence electrons. The molecular formula is C10H11F2NO2. The molecule has 0 fully saturated rings. The van der Waals surface area contributed by atoms with Crippen molar-refractivity contribution in [2.45, 2.75) is 25.7 Å². The minimum atomic E-state index is -3.75. The number of alkyl halides is 2. The minimum Gasteiger partial charge on any atom is -0.477 e. The van der Waals surface area contributed by atoms with Crippen molar-refractivity contribution in [1.82, 2.24) is 4.98 Å². The first-order valence-electron chi connectivity index (χ1n) is 4.50. The van der Waals surface area contributed by atoms with Crippen molar-refractivity contribution >= 4 is 5.97 Å². The first-order chi connectivity index (χ1) is 6.95. The number of halogens is 2. The van der Waals surface area contributed by atoms with Crippen LogP contribution in [-0.4, -0.2) is 22.0 Å². The van der Waals surface area contributed by atoms with Crippen LogP contribution in [0.2, 0.25) is 0 Å². The summed E-state index contributed by atoms with van der Waals surface area (Å²) in [6, 6.07) is 3.09. The summed E-state index contributed by atoms with van der Waals surface area (Å²) in [5, 5.41) is 8.23. The highest BCUT2D eigenvalue weighted by Gasteiger charge is 2.39. The number of pyridine rings is 1. The maximum Gasteiger partial charge on any atom is 0.374 e. The Kier molecular flexibility index (Phi) is 3.34. The summed E-state index contributed by atoms with van der Waals surface area (Å²) in [5.74, 6) is -5.87. The molecular weight excluding hydrogens is 204 g/mol. The molecule has 1 aromatic heterocycles. The Morgan fingerprint density at radius 3 is 2.60 bits per heavy atom. The van der Waals surface area contributed by atoms with Gasteiger partial charge in [0.05, 0.1) is 6.42 Å². The lowest BCUT2D eigenvalue weighted by molar-refractivity contribution is -0.164. The highest BCUT2D eigenvalue weighted by Crippen LogP contribution is 2.19. The van der Waals surface area contributed by atoms with E-state index in [1.165, 1.54) is 12.3 Å². The van der Waals surface area contributed by atoms with Crippen molar-refractivity contribution < 1.29 is 18.7 Å². The predicted octanol–water partition coefficient (Wildman–Crippen LogP) is 1.91. The van der Waals surface area contributed by atoms with Gasteiger partial charge in [0.2, 0.25) is 0 Å². The highest BCUT2D eigenvalue weighted by molar-refractivity contribution is 5.75. The lowest BCUT2D eigenvalue weighted by atomic mass is 10.1. The molecule has 0 atom stereocenters. The molecule has 15 heavy (non-hydrogen) atoms. The van der Waals surface area contributed by atoms with Gasteiger partial charge in [0.15, 0.2) is 0 Å². The normalized spacial score (nSPS) is 11.4. The van der Waals surface area contributed by atoms with Gasteiger partial charge in [-0.25, -0.2) is 4.79 Å². The van der Waals surface area contributed by atoms with E-state index < -0.39 is 18.3 Å². The third-order valence-electron chi connectivity index (χ3n) is 2.01. The van der Waals surface area contributed by atoms with E-state index in [0.717, 1.165) is 12.0 Å². The maximum atomic E-state index is 12.8. The molecule has 1 heterocycles. The highest BCUT2D eigenvalue weighted by atomic mass is 19.3. The molecule has 0 aliphatic heterocycles. The van der Waals surface area contributed by atoms with Crippen LogP contribution in [0.25, 0.3) is 0 Å². The molecule has 0 bridgehead atoms. The summed E-state index contributed by atoms with van der Waals surface area (Å²) < 4.78 is 25.5. The molecule has 1 N–H and O–H groups in total. The van der Waals surface area contributed by atoms with Gasteiger partial charge < -0.3 is 5.11 Å². The van der Waals surface area contributed by atoms with E-state index in [2.05, 4.69) is 4.98 Å². The van der Waals surface area contributed by atoms with E-state index in [4.69, 9.17) is 5.11 Å². The molecule has 0 aliphatic carbocycles. The van der Waals surface area contributed by atoms with Gasteiger partial charge >= 0.3 is 11.9 Å². The van der Waals surface area contributed by atoms with Crippen molar-refractivity contribution in [3.63, 3.8) is 0 Å². The zero-order valence-electron chi connectivity index (χ0n) is 8.20. The Morgan fingerprint density at radius 1 is 1.53 bits per heavy atom. The van der Waals surface area contributed by atoms with Gasteiger partial charge in [-0.05, 0) is 18.1 Å². The zero-order valence-corrected chi connectivity index (χ0v) is 8.20. The van der Waals surface area contributed by atoms with Crippen molar-refractivity contribution in [1.29, 1.82) is 0 Å². The molecule has 0 radical (unpaired) electrons. The fraction of sp³-hybridized carbons (Fsp3) is 0.400. The SMILES string of the molecule is CCc1ccc(CC(F)(F)C(=O)O)nc1. The number of aliphatic carboxylic acids is 1. The Morgan fingerprint density at radius 2 is 2.20 bits per heavy atom. The average molecular weight is 215 g/mol. The number of carboxylic acid groups (broad SMARTS) is 1. The van der Waals surface area contributed by atoms with E-state index in [1.54, 1.807) is 6.07 Å². The number of hydrogen-bond donors (Lipinski definition) is 1. The molecule has 0 saturated heterocycles. The molecule has 3 nitrogen and oxygen atoms in total. The minimum absolute atomic E-state index is 0.0830. The van der Waals surface area contributed by atoms with Gasteiger partial charge in [-0.2, -0.15) is 8.78 Å². The average Bonchev–Trinajstić information content (AvgIpc) is 2.18. The maximum absolute atomic E-state index is 12.8. The zero-order chi connectivity index (χ0) is 11.5. The number of hydrogen-bond acceptors (Lipinski definition) is 2. The molecule has 0 spiro atoms. The second-order valence-corrected chi connectivity index (χ2v) is 3.20. The molecule has 0 aromatic carbocycles. The second kappa shape index (κ2) is 4.33. The van der Waals surface area contributed by atoms with Gasteiger partial charge in [0.1, 0.15) is 0 Å². The van der Waals surface area contributed by atoms with Crippen molar-refractivity contribution in [3.05, 3.63) is 29.6 Å². The second-order valence-electron chi connectivity index (χ2n) is 3.20. The first kappa shape index (κ1) is 11.6. The standard InChI is InChI=1S/C10H11F2NO2/c1-2-7-3-4-8(13-6-7)5-10(11,12)9(14)15/h3-4,6H,2,5H2,1H3,(H,14,15). The number of rotatable bonds is 4. The molecule has 0 aliphatic rings. The Bertz CT molecular complexity index is 349. The first-order valence-corrected chi connectivity index (χ1v) is 4.50. The quantitative estimate of drug-likeness (QED) is 0.834. The monoisotopic (exact) mass is 215 g/mol. The molecule has 1 rings (SSSR count). The number of carboxylic acids is 1. The van der Waals surface area contributed by atoms with Gasteiger partial charge in [0.25, 0.3) is 0 Å². The van der Waals surface area contributed by atoms with Crippen molar-refractivity contribution in [3.8, 4) is 0 Å². The lowest BCUT2D eigenvalue weighted by Crippen LogP contribution is -2.31. The molecule has 1 aromatic rings. The van der Waals surface area contributed by atoms with Crippen LogP contribution in [0.3, 0.4) is 0 Å². The van der Waals surface area contributed by atoms with E-state index in [-0.39, 0.29) is 5.69 Å². The Labute approximate surface area is 85.8 Å². The fourth-order valence-corrected chi connectivity index (χ4v) is 1.07.